The van der Waals surface area contributed by atoms with Crippen LogP contribution in [0.5, 0.6) is 0 Å². The molecule has 0 atom stereocenters. The SMILES string of the molecule is Cc1cc(C(=O)N2CCCN(Cc3ccccc3)CC2)cc(S(=O)(=O)N(C)C)c1C. The first-order valence-electron chi connectivity index (χ1n) is 10.3. The van der Waals surface area contributed by atoms with Crippen LogP contribution in [0.3, 0.4) is 0 Å². The number of carbonyl (C=O) groups excluding carboxylic acids is 1. The molecule has 1 heterocycles. The van der Waals surface area contributed by atoms with E-state index in [2.05, 4.69) is 17.0 Å². The highest BCUT2D eigenvalue weighted by Gasteiger charge is 2.25. The lowest BCUT2D eigenvalue weighted by Gasteiger charge is -2.23. The molecule has 1 saturated heterocycles. The van der Waals surface area contributed by atoms with Gasteiger partial charge in [0, 0.05) is 52.4 Å². The van der Waals surface area contributed by atoms with Crippen LogP contribution in [0.15, 0.2) is 47.4 Å². The largest absolute Gasteiger partial charge is 0.337 e. The van der Waals surface area contributed by atoms with Crippen molar-refractivity contribution in [2.24, 2.45) is 0 Å². The summed E-state index contributed by atoms with van der Waals surface area (Å²) in [5.74, 6) is -0.102. The molecule has 0 saturated carbocycles. The van der Waals surface area contributed by atoms with Gasteiger partial charge in [-0.2, -0.15) is 0 Å². The Morgan fingerprint density at radius 3 is 2.37 bits per heavy atom. The first kappa shape index (κ1) is 22.5. The molecule has 2 aromatic carbocycles. The predicted molar refractivity (Wildman–Crippen MR) is 119 cm³/mol. The van der Waals surface area contributed by atoms with Crippen molar-refractivity contribution in [3.63, 3.8) is 0 Å². The van der Waals surface area contributed by atoms with Gasteiger partial charge in [-0.3, -0.25) is 9.69 Å². The van der Waals surface area contributed by atoms with E-state index in [1.807, 2.05) is 30.0 Å². The molecule has 0 unspecified atom stereocenters. The molecule has 1 aliphatic heterocycles. The molecule has 0 aliphatic carbocycles. The van der Waals surface area contributed by atoms with E-state index in [0.717, 1.165) is 31.6 Å². The van der Waals surface area contributed by atoms with Crippen LogP contribution < -0.4 is 0 Å². The molecule has 0 spiro atoms. The Morgan fingerprint density at radius 1 is 1.00 bits per heavy atom. The van der Waals surface area contributed by atoms with Crippen molar-refractivity contribution in [3.05, 3.63) is 64.7 Å². The maximum atomic E-state index is 13.2. The minimum atomic E-state index is -3.61. The molecule has 1 fully saturated rings. The molecular weight excluding hydrogens is 398 g/mol. The van der Waals surface area contributed by atoms with Crippen LogP contribution in [0.1, 0.15) is 33.5 Å². The van der Waals surface area contributed by atoms with Gasteiger partial charge in [0.05, 0.1) is 4.90 Å². The third-order valence-electron chi connectivity index (χ3n) is 5.75. The highest BCUT2D eigenvalue weighted by molar-refractivity contribution is 7.89. The molecule has 3 rings (SSSR count). The second-order valence-corrected chi connectivity index (χ2v) is 10.2. The number of amides is 1. The molecule has 0 aromatic heterocycles. The minimum Gasteiger partial charge on any atom is -0.337 e. The summed E-state index contributed by atoms with van der Waals surface area (Å²) in [5.41, 5.74) is 3.20. The number of rotatable bonds is 5. The van der Waals surface area contributed by atoms with Gasteiger partial charge >= 0.3 is 0 Å². The Hall–Kier alpha value is -2.22. The fraction of sp³-hybridized carbons (Fsp3) is 0.435. The summed E-state index contributed by atoms with van der Waals surface area (Å²) in [6.45, 7) is 7.55. The van der Waals surface area contributed by atoms with Crippen LogP contribution in [0.4, 0.5) is 0 Å². The molecular formula is C23H31N3O3S. The summed E-state index contributed by atoms with van der Waals surface area (Å²) < 4.78 is 26.6. The highest BCUT2D eigenvalue weighted by Crippen LogP contribution is 2.24. The van der Waals surface area contributed by atoms with Crippen LogP contribution in [0, 0.1) is 13.8 Å². The number of sulfonamides is 1. The summed E-state index contributed by atoms with van der Waals surface area (Å²) in [5, 5.41) is 0. The Bertz CT molecular complexity index is 1000. The fourth-order valence-corrected chi connectivity index (χ4v) is 4.99. The quantitative estimate of drug-likeness (QED) is 0.733. The van der Waals surface area contributed by atoms with Crippen molar-refractivity contribution in [2.45, 2.75) is 31.7 Å². The number of carbonyl (C=O) groups is 1. The monoisotopic (exact) mass is 429 g/mol. The van der Waals surface area contributed by atoms with Crippen molar-refractivity contribution in [3.8, 4) is 0 Å². The highest BCUT2D eigenvalue weighted by atomic mass is 32.2. The Morgan fingerprint density at radius 2 is 1.70 bits per heavy atom. The van der Waals surface area contributed by atoms with E-state index in [1.165, 1.54) is 30.0 Å². The summed E-state index contributed by atoms with van der Waals surface area (Å²) >= 11 is 0. The van der Waals surface area contributed by atoms with Gasteiger partial charge in [0.1, 0.15) is 0 Å². The van der Waals surface area contributed by atoms with Crippen molar-refractivity contribution in [1.82, 2.24) is 14.1 Å². The topological polar surface area (TPSA) is 60.9 Å². The molecule has 1 aliphatic rings. The Kier molecular flexibility index (Phi) is 6.95. The van der Waals surface area contributed by atoms with E-state index in [9.17, 15) is 13.2 Å². The normalized spacial score (nSPS) is 16.0. The zero-order valence-electron chi connectivity index (χ0n) is 18.3. The molecule has 162 valence electrons. The number of benzene rings is 2. The second-order valence-electron chi connectivity index (χ2n) is 8.11. The summed E-state index contributed by atoms with van der Waals surface area (Å²) in [6, 6.07) is 13.7. The maximum Gasteiger partial charge on any atom is 0.253 e. The first-order chi connectivity index (χ1) is 14.2. The lowest BCUT2D eigenvalue weighted by molar-refractivity contribution is 0.0760. The van der Waals surface area contributed by atoms with Crippen molar-refractivity contribution in [2.75, 3.05) is 40.3 Å². The van der Waals surface area contributed by atoms with Gasteiger partial charge in [-0.1, -0.05) is 30.3 Å². The molecule has 1 amide bonds. The second kappa shape index (κ2) is 9.29. The van der Waals surface area contributed by atoms with Gasteiger partial charge in [-0.15, -0.1) is 0 Å². The average Bonchev–Trinajstić information content (AvgIpc) is 2.95. The number of nitrogens with zero attached hydrogens (tertiary/aromatic N) is 3. The van der Waals surface area contributed by atoms with E-state index in [1.54, 1.807) is 13.0 Å². The van der Waals surface area contributed by atoms with E-state index >= 15 is 0 Å². The lowest BCUT2D eigenvalue weighted by atomic mass is 10.1. The Balaban J connectivity index is 1.77. The van der Waals surface area contributed by atoms with Crippen molar-refractivity contribution >= 4 is 15.9 Å². The smallest absolute Gasteiger partial charge is 0.253 e. The zero-order valence-corrected chi connectivity index (χ0v) is 19.1. The maximum absolute atomic E-state index is 13.2. The predicted octanol–water partition coefficient (Wildman–Crippen LogP) is 2.90. The fourth-order valence-electron chi connectivity index (χ4n) is 3.77. The van der Waals surface area contributed by atoms with E-state index in [-0.39, 0.29) is 10.8 Å². The third-order valence-corrected chi connectivity index (χ3v) is 7.69. The molecule has 7 heteroatoms. The first-order valence-corrected chi connectivity index (χ1v) is 11.7. The number of hydrogen-bond donors (Lipinski definition) is 0. The third kappa shape index (κ3) is 4.91. The molecule has 0 radical (unpaired) electrons. The van der Waals surface area contributed by atoms with Crippen LogP contribution >= 0.6 is 0 Å². The van der Waals surface area contributed by atoms with Gasteiger partial charge in [0.25, 0.3) is 5.91 Å². The van der Waals surface area contributed by atoms with Gasteiger partial charge in [-0.05, 0) is 49.1 Å². The summed E-state index contributed by atoms with van der Waals surface area (Å²) in [6.07, 6.45) is 0.895. The van der Waals surface area contributed by atoms with Crippen LogP contribution in [-0.4, -0.2) is 68.7 Å². The van der Waals surface area contributed by atoms with E-state index < -0.39 is 10.0 Å². The number of aryl methyl sites for hydroxylation is 1. The van der Waals surface area contributed by atoms with Crippen molar-refractivity contribution < 1.29 is 13.2 Å². The van der Waals surface area contributed by atoms with Gasteiger partial charge in [0.15, 0.2) is 0 Å². The van der Waals surface area contributed by atoms with Crippen LogP contribution in [0.2, 0.25) is 0 Å². The zero-order chi connectivity index (χ0) is 21.9. The summed E-state index contributed by atoms with van der Waals surface area (Å²) in [4.78, 5) is 17.6. The van der Waals surface area contributed by atoms with Crippen LogP contribution in [0.25, 0.3) is 0 Å². The molecule has 0 bridgehead atoms. The molecule has 30 heavy (non-hydrogen) atoms. The Labute approximate surface area is 180 Å². The van der Waals surface area contributed by atoms with E-state index in [4.69, 9.17) is 0 Å². The standard InChI is InChI=1S/C23H31N3O3S/c1-18-15-21(16-22(19(18)2)30(28,29)24(3)4)23(27)26-12-8-11-25(13-14-26)17-20-9-6-5-7-10-20/h5-7,9-10,15-16H,8,11-14,17H2,1-4H3. The molecule has 2 aromatic rings. The molecule has 6 nitrogen and oxygen atoms in total. The summed E-state index contributed by atoms with van der Waals surface area (Å²) in [7, 11) is -0.596. The minimum absolute atomic E-state index is 0.102. The van der Waals surface area contributed by atoms with Gasteiger partial charge in [0.2, 0.25) is 10.0 Å². The van der Waals surface area contributed by atoms with E-state index in [0.29, 0.717) is 24.2 Å². The number of hydrogen-bond acceptors (Lipinski definition) is 4. The average molecular weight is 430 g/mol. The van der Waals surface area contributed by atoms with Crippen LogP contribution in [-0.2, 0) is 16.6 Å². The van der Waals surface area contributed by atoms with Gasteiger partial charge in [-0.25, -0.2) is 12.7 Å². The molecule has 0 N–H and O–H groups in total. The lowest BCUT2D eigenvalue weighted by Crippen LogP contribution is -2.35. The van der Waals surface area contributed by atoms with Gasteiger partial charge < -0.3 is 4.90 Å². The van der Waals surface area contributed by atoms with Crippen molar-refractivity contribution in [1.29, 1.82) is 0 Å².